The molecule has 4 nitrogen and oxygen atoms in total. The highest BCUT2D eigenvalue weighted by molar-refractivity contribution is 7.99. The van der Waals surface area contributed by atoms with Gasteiger partial charge in [-0.2, -0.15) is 0 Å². The molecule has 1 aliphatic heterocycles. The second-order valence-corrected chi connectivity index (χ2v) is 5.77. The van der Waals surface area contributed by atoms with E-state index < -0.39 is 0 Å². The standard InChI is InChI=1S/C14H17N3OS/c1-10-4-6-11(7-5-10)13-15-14(17-16-13)19-9-12-3-2-8-18-12/h4-7,12H,2-3,8-9H2,1H3,(H,15,16,17)/t12-/m1/s1. The molecule has 1 atom stereocenters. The fraction of sp³-hybridized carbons (Fsp3) is 0.429. The van der Waals surface area contributed by atoms with Crippen molar-refractivity contribution >= 4 is 11.8 Å². The van der Waals surface area contributed by atoms with Gasteiger partial charge in [-0.3, -0.25) is 5.10 Å². The molecule has 0 spiro atoms. The quantitative estimate of drug-likeness (QED) is 0.871. The van der Waals surface area contributed by atoms with Crippen molar-refractivity contribution in [1.29, 1.82) is 0 Å². The summed E-state index contributed by atoms with van der Waals surface area (Å²) in [7, 11) is 0. The van der Waals surface area contributed by atoms with Crippen molar-refractivity contribution < 1.29 is 4.74 Å². The van der Waals surface area contributed by atoms with Gasteiger partial charge in [0.25, 0.3) is 0 Å². The first-order valence-electron chi connectivity index (χ1n) is 6.55. The molecule has 0 bridgehead atoms. The van der Waals surface area contributed by atoms with Crippen LogP contribution in [0.15, 0.2) is 29.4 Å². The number of ether oxygens (including phenoxy) is 1. The minimum Gasteiger partial charge on any atom is -0.377 e. The first-order valence-corrected chi connectivity index (χ1v) is 7.54. The van der Waals surface area contributed by atoms with E-state index in [-0.39, 0.29) is 0 Å². The smallest absolute Gasteiger partial charge is 0.208 e. The lowest BCUT2D eigenvalue weighted by Crippen LogP contribution is -2.07. The van der Waals surface area contributed by atoms with Gasteiger partial charge in [0.2, 0.25) is 5.16 Å². The van der Waals surface area contributed by atoms with E-state index in [4.69, 9.17) is 4.74 Å². The SMILES string of the molecule is Cc1ccc(-c2nc(SC[C@H]3CCCO3)n[nH]2)cc1. The molecule has 0 radical (unpaired) electrons. The summed E-state index contributed by atoms with van der Waals surface area (Å²) in [6.45, 7) is 2.97. The number of nitrogens with one attached hydrogen (secondary N) is 1. The first kappa shape index (κ1) is 12.7. The molecule has 0 amide bonds. The summed E-state index contributed by atoms with van der Waals surface area (Å²) in [6.07, 6.45) is 2.70. The zero-order chi connectivity index (χ0) is 13.1. The monoisotopic (exact) mass is 275 g/mol. The molecule has 1 aliphatic rings. The highest BCUT2D eigenvalue weighted by Gasteiger charge is 2.16. The minimum atomic E-state index is 0.367. The van der Waals surface area contributed by atoms with E-state index in [1.54, 1.807) is 11.8 Å². The maximum absolute atomic E-state index is 5.59. The Morgan fingerprint density at radius 1 is 1.37 bits per heavy atom. The summed E-state index contributed by atoms with van der Waals surface area (Å²) >= 11 is 1.66. The Morgan fingerprint density at radius 3 is 2.95 bits per heavy atom. The van der Waals surface area contributed by atoms with Gasteiger partial charge in [-0.05, 0) is 19.8 Å². The van der Waals surface area contributed by atoms with Crippen molar-refractivity contribution in [3.8, 4) is 11.4 Å². The van der Waals surface area contributed by atoms with E-state index in [1.165, 1.54) is 12.0 Å². The molecular weight excluding hydrogens is 258 g/mol. The fourth-order valence-electron chi connectivity index (χ4n) is 2.09. The Balaban J connectivity index is 1.63. The van der Waals surface area contributed by atoms with Crippen LogP contribution in [0.2, 0.25) is 0 Å². The molecule has 1 aromatic carbocycles. The van der Waals surface area contributed by atoms with Crippen LogP contribution in [0.3, 0.4) is 0 Å². The van der Waals surface area contributed by atoms with Crippen LogP contribution in [0.5, 0.6) is 0 Å². The lowest BCUT2D eigenvalue weighted by Gasteiger charge is -2.05. The van der Waals surface area contributed by atoms with E-state index in [0.717, 1.165) is 35.3 Å². The number of aromatic amines is 1. The average molecular weight is 275 g/mol. The van der Waals surface area contributed by atoms with E-state index in [1.807, 2.05) is 0 Å². The van der Waals surface area contributed by atoms with Crippen molar-refractivity contribution in [2.24, 2.45) is 0 Å². The van der Waals surface area contributed by atoms with E-state index in [0.29, 0.717) is 6.10 Å². The van der Waals surface area contributed by atoms with Crippen LogP contribution < -0.4 is 0 Å². The molecule has 2 aromatic rings. The number of hydrogen-bond donors (Lipinski definition) is 1. The van der Waals surface area contributed by atoms with Gasteiger partial charge in [-0.1, -0.05) is 41.6 Å². The summed E-state index contributed by atoms with van der Waals surface area (Å²) in [6, 6.07) is 8.28. The maximum atomic E-state index is 5.59. The van der Waals surface area contributed by atoms with Crippen molar-refractivity contribution in [3.05, 3.63) is 29.8 Å². The zero-order valence-corrected chi connectivity index (χ0v) is 11.7. The van der Waals surface area contributed by atoms with Crippen LogP contribution in [-0.2, 0) is 4.74 Å². The Bertz CT molecular complexity index is 532. The van der Waals surface area contributed by atoms with Crippen LogP contribution in [0, 0.1) is 6.92 Å². The Kier molecular flexibility index (Phi) is 3.84. The number of aromatic nitrogens is 3. The molecule has 1 saturated heterocycles. The lowest BCUT2D eigenvalue weighted by atomic mass is 10.1. The average Bonchev–Trinajstić information content (AvgIpc) is 3.09. The van der Waals surface area contributed by atoms with Gasteiger partial charge in [0.05, 0.1) is 6.10 Å². The number of nitrogens with zero attached hydrogens (tertiary/aromatic N) is 2. The van der Waals surface area contributed by atoms with Crippen LogP contribution >= 0.6 is 11.8 Å². The largest absolute Gasteiger partial charge is 0.377 e. The number of benzene rings is 1. The van der Waals surface area contributed by atoms with Crippen molar-refractivity contribution in [2.75, 3.05) is 12.4 Å². The first-order chi connectivity index (χ1) is 9.31. The van der Waals surface area contributed by atoms with Crippen LogP contribution in [-0.4, -0.2) is 33.6 Å². The summed E-state index contributed by atoms with van der Waals surface area (Å²) in [5, 5.41) is 8.04. The van der Waals surface area contributed by atoms with Crippen molar-refractivity contribution in [3.63, 3.8) is 0 Å². The molecule has 0 unspecified atom stereocenters. The summed E-state index contributed by atoms with van der Waals surface area (Å²) in [5.74, 6) is 1.76. The molecule has 1 N–H and O–H groups in total. The summed E-state index contributed by atoms with van der Waals surface area (Å²) in [4.78, 5) is 4.51. The molecule has 3 rings (SSSR count). The molecule has 2 heterocycles. The van der Waals surface area contributed by atoms with Crippen LogP contribution in [0.25, 0.3) is 11.4 Å². The van der Waals surface area contributed by atoms with E-state index in [9.17, 15) is 0 Å². The molecule has 100 valence electrons. The van der Waals surface area contributed by atoms with Crippen molar-refractivity contribution in [2.45, 2.75) is 31.0 Å². The van der Waals surface area contributed by atoms with Gasteiger partial charge in [-0.25, -0.2) is 4.98 Å². The molecule has 1 fully saturated rings. The fourth-order valence-corrected chi connectivity index (χ4v) is 2.96. The van der Waals surface area contributed by atoms with Crippen LogP contribution in [0.1, 0.15) is 18.4 Å². The maximum Gasteiger partial charge on any atom is 0.208 e. The van der Waals surface area contributed by atoms with Gasteiger partial charge in [0.15, 0.2) is 5.82 Å². The Hall–Kier alpha value is -1.33. The van der Waals surface area contributed by atoms with Gasteiger partial charge in [0.1, 0.15) is 0 Å². The normalized spacial score (nSPS) is 18.9. The van der Waals surface area contributed by atoms with E-state index in [2.05, 4.69) is 46.4 Å². The number of rotatable bonds is 4. The molecular formula is C14H17N3OS. The minimum absolute atomic E-state index is 0.367. The second kappa shape index (κ2) is 5.75. The highest BCUT2D eigenvalue weighted by atomic mass is 32.2. The second-order valence-electron chi connectivity index (χ2n) is 4.78. The topological polar surface area (TPSA) is 50.8 Å². The Morgan fingerprint density at radius 2 is 2.21 bits per heavy atom. The zero-order valence-electron chi connectivity index (χ0n) is 10.9. The van der Waals surface area contributed by atoms with Crippen LogP contribution in [0.4, 0.5) is 0 Å². The number of aryl methyl sites for hydroxylation is 1. The van der Waals surface area contributed by atoms with E-state index >= 15 is 0 Å². The predicted octanol–water partition coefficient (Wildman–Crippen LogP) is 3.05. The molecule has 19 heavy (non-hydrogen) atoms. The van der Waals surface area contributed by atoms with Gasteiger partial charge in [0, 0.05) is 17.9 Å². The van der Waals surface area contributed by atoms with Gasteiger partial charge >= 0.3 is 0 Å². The number of H-pyrrole nitrogens is 1. The lowest BCUT2D eigenvalue weighted by molar-refractivity contribution is 0.129. The molecule has 1 aromatic heterocycles. The number of hydrogen-bond acceptors (Lipinski definition) is 4. The summed E-state index contributed by atoms with van der Waals surface area (Å²) in [5.41, 5.74) is 2.32. The summed E-state index contributed by atoms with van der Waals surface area (Å²) < 4.78 is 5.59. The third-order valence-electron chi connectivity index (χ3n) is 3.21. The molecule has 0 aliphatic carbocycles. The predicted molar refractivity (Wildman–Crippen MR) is 76.3 cm³/mol. The van der Waals surface area contributed by atoms with Crippen molar-refractivity contribution in [1.82, 2.24) is 15.2 Å². The highest BCUT2D eigenvalue weighted by Crippen LogP contribution is 2.23. The third kappa shape index (κ3) is 3.16. The van der Waals surface area contributed by atoms with Gasteiger partial charge in [-0.15, -0.1) is 5.10 Å². The Labute approximate surface area is 117 Å². The molecule has 0 saturated carbocycles. The van der Waals surface area contributed by atoms with Gasteiger partial charge < -0.3 is 4.74 Å². The molecule has 5 heteroatoms. The third-order valence-corrected chi connectivity index (χ3v) is 4.19. The number of thioether (sulfide) groups is 1.